The van der Waals surface area contributed by atoms with Crippen LogP contribution in [0.4, 0.5) is 4.39 Å². The molecule has 1 unspecified atom stereocenters. The van der Waals surface area contributed by atoms with Crippen LogP contribution in [-0.2, 0) is 5.60 Å². The maximum atomic E-state index is 13.3. The van der Waals surface area contributed by atoms with Crippen LogP contribution < -0.4 is 0 Å². The largest absolute Gasteiger partial charge is 0.385 e. The Hall–Kier alpha value is -0.930. The van der Waals surface area contributed by atoms with Gasteiger partial charge in [0.1, 0.15) is 5.82 Å². The van der Waals surface area contributed by atoms with Crippen molar-refractivity contribution in [1.29, 1.82) is 0 Å². The van der Waals surface area contributed by atoms with Crippen LogP contribution in [0.1, 0.15) is 38.2 Å². The predicted octanol–water partition coefficient (Wildman–Crippen LogP) is 2.91. The molecule has 1 saturated heterocycles. The van der Waals surface area contributed by atoms with Crippen molar-refractivity contribution in [2.24, 2.45) is 0 Å². The molecule has 0 radical (unpaired) electrons. The first-order valence-corrected chi connectivity index (χ1v) is 6.85. The zero-order valence-electron chi connectivity index (χ0n) is 11.0. The first kappa shape index (κ1) is 13.5. The minimum atomic E-state index is -0.857. The predicted molar refractivity (Wildman–Crippen MR) is 70.9 cm³/mol. The highest BCUT2D eigenvalue weighted by molar-refractivity contribution is 5.23. The van der Waals surface area contributed by atoms with E-state index in [2.05, 4.69) is 11.8 Å². The van der Waals surface area contributed by atoms with Crippen LogP contribution in [0, 0.1) is 5.82 Å². The summed E-state index contributed by atoms with van der Waals surface area (Å²) >= 11 is 0. The van der Waals surface area contributed by atoms with Gasteiger partial charge in [0.25, 0.3) is 0 Å². The molecule has 1 atom stereocenters. The van der Waals surface area contributed by atoms with Crippen LogP contribution in [0.15, 0.2) is 24.3 Å². The number of halogens is 1. The number of likely N-dealkylation sites (tertiary alicyclic amines) is 1. The highest BCUT2D eigenvalue weighted by Gasteiger charge is 2.31. The molecule has 1 aromatic carbocycles. The summed E-state index contributed by atoms with van der Waals surface area (Å²) in [5, 5.41) is 10.7. The Balaban J connectivity index is 2.11. The van der Waals surface area contributed by atoms with Gasteiger partial charge in [0.15, 0.2) is 0 Å². The number of benzene rings is 1. The smallest absolute Gasteiger partial charge is 0.123 e. The summed E-state index contributed by atoms with van der Waals surface area (Å²) in [5.41, 5.74) is -0.134. The van der Waals surface area contributed by atoms with E-state index in [-0.39, 0.29) is 5.82 Å². The quantitative estimate of drug-likeness (QED) is 0.893. The fraction of sp³-hybridized carbons (Fsp3) is 0.600. The molecule has 2 rings (SSSR count). The molecule has 2 nitrogen and oxygen atoms in total. The van der Waals surface area contributed by atoms with E-state index in [0.29, 0.717) is 6.42 Å². The lowest BCUT2D eigenvalue weighted by Crippen LogP contribution is -2.29. The van der Waals surface area contributed by atoms with Gasteiger partial charge < -0.3 is 10.0 Å². The Labute approximate surface area is 108 Å². The Morgan fingerprint density at radius 2 is 2.17 bits per heavy atom. The van der Waals surface area contributed by atoms with Gasteiger partial charge >= 0.3 is 0 Å². The lowest BCUT2D eigenvalue weighted by Gasteiger charge is -2.27. The van der Waals surface area contributed by atoms with Crippen molar-refractivity contribution in [2.45, 2.75) is 38.2 Å². The van der Waals surface area contributed by atoms with E-state index in [4.69, 9.17) is 0 Å². The Morgan fingerprint density at radius 3 is 2.89 bits per heavy atom. The summed E-state index contributed by atoms with van der Waals surface area (Å²) in [6, 6.07) is 6.40. The molecule has 3 heteroatoms. The minimum absolute atomic E-state index is 0.268. The van der Waals surface area contributed by atoms with Crippen molar-refractivity contribution >= 4 is 0 Å². The highest BCUT2D eigenvalue weighted by atomic mass is 19.1. The molecule has 0 aliphatic carbocycles. The summed E-state index contributed by atoms with van der Waals surface area (Å²) in [4.78, 5) is 2.39. The first-order valence-electron chi connectivity index (χ1n) is 6.85. The lowest BCUT2D eigenvalue weighted by atomic mass is 9.87. The van der Waals surface area contributed by atoms with Gasteiger partial charge in [-0.15, -0.1) is 0 Å². The van der Waals surface area contributed by atoms with Crippen molar-refractivity contribution in [3.05, 3.63) is 35.6 Å². The van der Waals surface area contributed by atoms with E-state index in [1.54, 1.807) is 6.07 Å². The number of hydrogen-bond acceptors (Lipinski definition) is 2. The zero-order valence-corrected chi connectivity index (χ0v) is 11.0. The van der Waals surface area contributed by atoms with E-state index < -0.39 is 5.60 Å². The van der Waals surface area contributed by atoms with Gasteiger partial charge in [-0.1, -0.05) is 19.1 Å². The second kappa shape index (κ2) is 5.81. The molecule has 1 heterocycles. The Morgan fingerprint density at radius 1 is 1.33 bits per heavy atom. The highest BCUT2D eigenvalue weighted by Crippen LogP contribution is 2.33. The molecule has 100 valence electrons. The number of aliphatic hydroxyl groups is 1. The molecule has 1 aliphatic rings. The van der Waals surface area contributed by atoms with Crippen molar-refractivity contribution in [2.75, 3.05) is 19.6 Å². The van der Waals surface area contributed by atoms with Gasteiger partial charge in [0.05, 0.1) is 5.60 Å². The Bertz CT molecular complexity index is 396. The van der Waals surface area contributed by atoms with Crippen molar-refractivity contribution in [3.63, 3.8) is 0 Å². The first-order chi connectivity index (χ1) is 8.64. The second-order valence-corrected chi connectivity index (χ2v) is 5.24. The monoisotopic (exact) mass is 251 g/mol. The molecule has 0 bridgehead atoms. The van der Waals surface area contributed by atoms with Gasteiger partial charge in [-0.25, -0.2) is 4.39 Å². The summed E-state index contributed by atoms with van der Waals surface area (Å²) in [6.45, 7) is 5.18. The average Bonchev–Trinajstić information content (AvgIpc) is 2.54. The van der Waals surface area contributed by atoms with Gasteiger partial charge in [-0.3, -0.25) is 0 Å². The van der Waals surface area contributed by atoms with Gasteiger partial charge in [0.2, 0.25) is 0 Å². The molecule has 18 heavy (non-hydrogen) atoms. The lowest BCUT2D eigenvalue weighted by molar-refractivity contribution is 0.0209. The third kappa shape index (κ3) is 3.09. The van der Waals surface area contributed by atoms with Crippen LogP contribution in [0.3, 0.4) is 0 Å². The molecule has 0 spiro atoms. The van der Waals surface area contributed by atoms with Crippen molar-refractivity contribution in [1.82, 2.24) is 4.90 Å². The minimum Gasteiger partial charge on any atom is -0.385 e. The molecule has 0 amide bonds. The van der Waals surface area contributed by atoms with Gasteiger partial charge in [0, 0.05) is 6.54 Å². The van der Waals surface area contributed by atoms with Gasteiger partial charge in [-0.05, 0) is 56.5 Å². The molecule has 0 saturated carbocycles. The molecular formula is C15H22FNO. The normalized spacial score (nSPS) is 25.9. The van der Waals surface area contributed by atoms with Gasteiger partial charge in [-0.2, -0.15) is 0 Å². The summed E-state index contributed by atoms with van der Waals surface area (Å²) in [7, 11) is 0. The summed E-state index contributed by atoms with van der Waals surface area (Å²) in [5.74, 6) is -0.268. The maximum Gasteiger partial charge on any atom is 0.123 e. The average molecular weight is 251 g/mol. The number of hydrogen-bond donors (Lipinski definition) is 1. The van der Waals surface area contributed by atoms with Crippen molar-refractivity contribution in [3.8, 4) is 0 Å². The van der Waals surface area contributed by atoms with E-state index >= 15 is 0 Å². The fourth-order valence-electron chi connectivity index (χ4n) is 2.78. The summed E-state index contributed by atoms with van der Waals surface area (Å²) in [6.07, 6.45) is 3.51. The van der Waals surface area contributed by atoms with Crippen LogP contribution >= 0.6 is 0 Å². The van der Waals surface area contributed by atoms with Crippen molar-refractivity contribution < 1.29 is 9.50 Å². The maximum absolute atomic E-state index is 13.3. The molecule has 0 aromatic heterocycles. The molecule has 1 fully saturated rings. The number of nitrogens with zero attached hydrogens (tertiary/aromatic N) is 1. The second-order valence-electron chi connectivity index (χ2n) is 5.24. The van der Waals surface area contributed by atoms with Crippen LogP contribution in [0.5, 0.6) is 0 Å². The van der Waals surface area contributed by atoms with E-state index in [0.717, 1.165) is 44.5 Å². The third-order valence-electron chi connectivity index (χ3n) is 3.81. The van der Waals surface area contributed by atoms with E-state index in [1.807, 2.05) is 6.07 Å². The standard InChI is InChI=1S/C15H22FNO/c1-2-9-17-10-4-7-15(18,8-11-17)13-5-3-6-14(16)12-13/h3,5-6,12,18H,2,4,7-11H2,1H3. The fourth-order valence-corrected chi connectivity index (χ4v) is 2.78. The van der Waals surface area contributed by atoms with E-state index in [1.165, 1.54) is 12.1 Å². The van der Waals surface area contributed by atoms with E-state index in [9.17, 15) is 9.50 Å². The Kier molecular flexibility index (Phi) is 4.36. The molecule has 1 aliphatic heterocycles. The number of rotatable bonds is 3. The topological polar surface area (TPSA) is 23.5 Å². The molecule has 1 N–H and O–H groups in total. The summed E-state index contributed by atoms with van der Waals surface area (Å²) < 4.78 is 13.3. The molecular weight excluding hydrogens is 229 g/mol. The van der Waals surface area contributed by atoms with Crippen LogP contribution in [-0.4, -0.2) is 29.6 Å². The zero-order chi connectivity index (χ0) is 13.0. The SMILES string of the molecule is CCCN1CCCC(O)(c2cccc(F)c2)CC1. The van der Waals surface area contributed by atoms with Crippen LogP contribution in [0.25, 0.3) is 0 Å². The van der Waals surface area contributed by atoms with Crippen LogP contribution in [0.2, 0.25) is 0 Å². The third-order valence-corrected chi connectivity index (χ3v) is 3.81. The molecule has 1 aromatic rings.